The van der Waals surface area contributed by atoms with Gasteiger partial charge in [-0.05, 0) is 147 Å². The molecule has 0 saturated heterocycles. The van der Waals surface area contributed by atoms with Crippen LogP contribution in [-0.4, -0.2) is 76.7 Å². The van der Waals surface area contributed by atoms with Gasteiger partial charge in [0.15, 0.2) is 6.61 Å². The van der Waals surface area contributed by atoms with Gasteiger partial charge in [-0.25, -0.2) is 4.79 Å². The quantitative estimate of drug-likeness (QED) is 0.0125. The van der Waals surface area contributed by atoms with Gasteiger partial charge >= 0.3 is 23.9 Å². The van der Waals surface area contributed by atoms with E-state index in [2.05, 4.69) is 54.5 Å². The summed E-state index contributed by atoms with van der Waals surface area (Å²) in [6.45, 7) is 22.3. The second-order valence-corrected chi connectivity index (χ2v) is 29.5. The van der Waals surface area contributed by atoms with Crippen molar-refractivity contribution in [3.05, 3.63) is 11.6 Å². The summed E-state index contributed by atoms with van der Waals surface area (Å²) in [7, 11) is 2.57. The molecule has 0 aromatic rings. The summed E-state index contributed by atoms with van der Waals surface area (Å²) < 4.78 is 26.7. The predicted octanol–water partition coefficient (Wildman–Crippen LogP) is 15.7. The zero-order valence-corrected chi connectivity index (χ0v) is 49.4. The van der Waals surface area contributed by atoms with E-state index >= 15 is 0 Å². The first-order valence-electron chi connectivity index (χ1n) is 27.2. The number of ether oxygens (including phenoxy) is 4. The van der Waals surface area contributed by atoms with Gasteiger partial charge in [0.2, 0.25) is 0 Å². The normalized spacial score (nSPS) is 26.3. The lowest BCUT2D eigenvalue weighted by Crippen LogP contribution is -2.51. The van der Waals surface area contributed by atoms with E-state index in [4.69, 9.17) is 35.3 Å². The molecule has 8 atom stereocenters. The summed E-state index contributed by atoms with van der Waals surface area (Å²) in [6.07, 6.45) is 27.7. The third-order valence-electron chi connectivity index (χ3n) is 16.9. The van der Waals surface area contributed by atoms with Gasteiger partial charge in [0, 0.05) is 13.5 Å². The van der Waals surface area contributed by atoms with Crippen molar-refractivity contribution in [3.63, 3.8) is 0 Å². The molecule has 70 heavy (non-hydrogen) atoms. The van der Waals surface area contributed by atoms with Crippen molar-refractivity contribution in [2.75, 3.05) is 38.4 Å². The summed E-state index contributed by atoms with van der Waals surface area (Å²) in [5, 5.41) is 0. The largest absolute Gasteiger partial charge is 0.463 e. The van der Waals surface area contributed by atoms with Crippen molar-refractivity contribution in [2.45, 2.75) is 221 Å². The minimum atomic E-state index is -1.30. The van der Waals surface area contributed by atoms with Crippen molar-refractivity contribution >= 4 is 85.0 Å². The number of hydrogen-bond donors (Lipinski definition) is 0. The molecule has 4 rings (SSSR count). The maximum Gasteiger partial charge on any atom is 0.344 e. The van der Waals surface area contributed by atoms with E-state index in [0.29, 0.717) is 32.8 Å². The standard InChI is InChI=1S/C56H94O9S5/c1-12-13-14-15-16-17-18-19-20-21-35-67-51(66)69-56(10,39-53(6,7)49(59)65-70-68-38-48(58)62-34-33-61-11)50(60)63-37-47(57)64-42-28-31-54(8)41(36-42)24-25-43-44-26-27-46(55(44,9)32-29-45(43)54)52(4,5)30-22-23-40(2)3/h24,40,42-46H,12-23,25-39H2,1-11H3/t42?,43-,44-,45-,46+,54-,55-,56?/m0/s1. The van der Waals surface area contributed by atoms with E-state index in [1.54, 1.807) is 32.5 Å². The van der Waals surface area contributed by atoms with Crippen LogP contribution in [0.25, 0.3) is 0 Å². The topological polar surface area (TPSA) is 114 Å². The summed E-state index contributed by atoms with van der Waals surface area (Å²) in [4.78, 5) is 53.2. The van der Waals surface area contributed by atoms with Crippen LogP contribution < -0.4 is 0 Å². The van der Waals surface area contributed by atoms with Gasteiger partial charge in [0.05, 0.1) is 12.0 Å². The lowest BCUT2D eigenvalue weighted by atomic mass is 9.46. The number of allylic oxidation sites excluding steroid dienone is 1. The fraction of sp³-hybridized carbons (Fsp3) is 0.875. The first-order chi connectivity index (χ1) is 33.1. The summed E-state index contributed by atoms with van der Waals surface area (Å²) in [5.41, 5.74) is 1.19. The van der Waals surface area contributed by atoms with Crippen molar-refractivity contribution in [3.8, 4) is 0 Å². The zero-order chi connectivity index (χ0) is 51.6. The number of thiocarbonyl (C=S) groups is 1. The number of methoxy groups -OCH3 is 1. The van der Waals surface area contributed by atoms with Gasteiger partial charge in [-0.1, -0.05) is 155 Å². The van der Waals surface area contributed by atoms with Gasteiger partial charge < -0.3 is 23.1 Å². The van der Waals surface area contributed by atoms with Gasteiger partial charge in [-0.15, -0.1) is 11.8 Å². The highest BCUT2D eigenvalue weighted by Crippen LogP contribution is 2.69. The van der Waals surface area contributed by atoms with Crippen LogP contribution >= 0.6 is 57.6 Å². The molecule has 0 heterocycles. The van der Waals surface area contributed by atoms with Crippen molar-refractivity contribution in [1.29, 1.82) is 0 Å². The fourth-order valence-electron chi connectivity index (χ4n) is 13.2. The molecule has 14 heteroatoms. The lowest BCUT2D eigenvalue weighted by molar-refractivity contribution is -0.165. The molecule has 2 unspecified atom stereocenters. The zero-order valence-electron chi connectivity index (χ0n) is 45.3. The van der Waals surface area contributed by atoms with Gasteiger partial charge in [-0.3, -0.25) is 14.4 Å². The molecule has 4 aliphatic rings. The SMILES string of the molecule is CCCCCCCCCCCCSC(=S)SC(C)(CC(C)(C)C(=O)OSSCC(=O)OCCOC)C(=O)OCC(=O)OC1CC[C@@]2(C)C(=CC[C@H]3[C@@H]4CC[C@H](C(C)(C)CCCC(C)C)[C@@]4(C)CC[C@@H]32)C1. The molecular formula is C56H94O9S5. The summed E-state index contributed by atoms with van der Waals surface area (Å²) in [6, 6.07) is 0. The first-order valence-corrected chi connectivity index (χ1v) is 31.6. The number of thioether (sulfide) groups is 2. The van der Waals surface area contributed by atoms with Crippen LogP contribution in [0.4, 0.5) is 0 Å². The Labute approximate surface area is 447 Å². The Morgan fingerprint density at radius 2 is 1.50 bits per heavy atom. The average Bonchev–Trinajstić information content (AvgIpc) is 3.67. The maximum atomic E-state index is 14.2. The highest BCUT2D eigenvalue weighted by Gasteiger charge is 2.61. The third kappa shape index (κ3) is 18.1. The second kappa shape index (κ2) is 29.4. The van der Waals surface area contributed by atoms with Gasteiger partial charge in [0.1, 0.15) is 37.8 Å². The number of esters is 3. The Balaban J connectivity index is 1.32. The highest BCUT2D eigenvalue weighted by molar-refractivity contribution is 8.75. The number of hydrogen-bond acceptors (Lipinski definition) is 14. The Morgan fingerprint density at radius 3 is 2.17 bits per heavy atom. The number of rotatable bonds is 31. The fourth-order valence-corrected chi connectivity index (χ4v) is 17.8. The molecule has 4 aliphatic carbocycles. The molecule has 3 saturated carbocycles. The van der Waals surface area contributed by atoms with E-state index in [1.165, 1.54) is 121 Å². The van der Waals surface area contributed by atoms with E-state index < -0.39 is 40.6 Å². The van der Waals surface area contributed by atoms with E-state index in [9.17, 15) is 19.2 Å². The van der Waals surface area contributed by atoms with Crippen LogP contribution in [0.5, 0.6) is 0 Å². The van der Waals surface area contributed by atoms with Gasteiger partial charge in [0.25, 0.3) is 0 Å². The molecule has 0 aliphatic heterocycles. The first kappa shape index (κ1) is 61.6. The molecule has 0 spiro atoms. The molecule has 0 aromatic heterocycles. The van der Waals surface area contributed by atoms with Gasteiger partial charge in [-0.2, -0.15) is 0 Å². The van der Waals surface area contributed by atoms with Crippen LogP contribution in [0, 0.1) is 51.2 Å². The van der Waals surface area contributed by atoms with Crippen molar-refractivity contribution in [2.24, 2.45) is 51.2 Å². The van der Waals surface area contributed by atoms with E-state index in [0.717, 1.165) is 83.9 Å². The Morgan fingerprint density at radius 1 is 0.814 bits per heavy atom. The third-order valence-corrected chi connectivity index (χ3v) is 21.3. The number of unbranched alkanes of at least 4 members (excludes halogenated alkanes) is 9. The minimum Gasteiger partial charge on any atom is -0.463 e. The molecule has 9 nitrogen and oxygen atoms in total. The highest BCUT2D eigenvalue weighted by atomic mass is 33.1. The number of fused-ring (bicyclic) bond motifs is 5. The average molecular weight is 1070 g/mol. The molecule has 0 radical (unpaired) electrons. The van der Waals surface area contributed by atoms with Crippen LogP contribution in [0.3, 0.4) is 0 Å². The van der Waals surface area contributed by atoms with Crippen LogP contribution in [-0.2, 0) is 42.3 Å². The molecular weight excluding hydrogens is 977 g/mol. The minimum absolute atomic E-state index is 0.0145. The predicted molar refractivity (Wildman–Crippen MR) is 299 cm³/mol. The number of carbonyl (C=O) groups is 4. The molecule has 402 valence electrons. The summed E-state index contributed by atoms with van der Waals surface area (Å²) >= 11 is 9.39. The lowest BCUT2D eigenvalue weighted by Gasteiger charge is -2.59. The molecule has 0 aromatic carbocycles. The second-order valence-electron chi connectivity index (χ2n) is 23.7. The van der Waals surface area contributed by atoms with Crippen LogP contribution in [0.2, 0.25) is 0 Å². The van der Waals surface area contributed by atoms with Crippen molar-refractivity contribution < 1.29 is 42.3 Å². The summed E-state index contributed by atoms with van der Waals surface area (Å²) in [5.74, 6) is 2.32. The monoisotopic (exact) mass is 1070 g/mol. The van der Waals surface area contributed by atoms with Crippen molar-refractivity contribution in [1.82, 2.24) is 0 Å². The van der Waals surface area contributed by atoms with Crippen LogP contribution in [0.1, 0.15) is 210 Å². The van der Waals surface area contributed by atoms with E-state index in [1.807, 2.05) is 0 Å². The molecule has 3 fully saturated rings. The van der Waals surface area contributed by atoms with E-state index in [-0.39, 0.29) is 30.3 Å². The maximum absolute atomic E-state index is 14.2. The molecule has 0 N–H and O–H groups in total. The Bertz CT molecular complexity index is 1720. The smallest absolute Gasteiger partial charge is 0.344 e. The van der Waals surface area contributed by atoms with Crippen LogP contribution in [0.15, 0.2) is 11.6 Å². The Hall–Kier alpha value is -0.930. The molecule has 0 amide bonds. The number of carbonyl (C=O) groups excluding carboxylic acids is 4. The Kier molecular flexibility index (Phi) is 25.9. The molecule has 0 bridgehead atoms.